The molecule has 106 valence electrons. The van der Waals surface area contributed by atoms with Gasteiger partial charge in [0.25, 0.3) is 5.69 Å². The molecule has 7 nitrogen and oxygen atoms in total. The number of aldehydes is 1. The lowest BCUT2D eigenvalue weighted by molar-refractivity contribution is -0.384. The van der Waals surface area contributed by atoms with Crippen LogP contribution in [0.4, 0.5) is 11.4 Å². The van der Waals surface area contributed by atoms with Crippen LogP contribution in [0.3, 0.4) is 0 Å². The van der Waals surface area contributed by atoms with Gasteiger partial charge in [0.2, 0.25) is 5.91 Å². The Labute approximate surface area is 115 Å². The van der Waals surface area contributed by atoms with Crippen molar-refractivity contribution < 1.29 is 14.5 Å². The van der Waals surface area contributed by atoms with Gasteiger partial charge in [-0.1, -0.05) is 0 Å². The van der Waals surface area contributed by atoms with Crippen LogP contribution in [0.1, 0.15) is 17.3 Å². The highest BCUT2D eigenvalue weighted by molar-refractivity contribution is 5.80. The van der Waals surface area contributed by atoms with E-state index in [1.54, 1.807) is 17.0 Å². The lowest BCUT2D eigenvalue weighted by atomic mass is 10.1. The summed E-state index contributed by atoms with van der Waals surface area (Å²) >= 11 is 0. The van der Waals surface area contributed by atoms with Crippen molar-refractivity contribution in [2.75, 3.05) is 31.1 Å². The molecule has 0 spiro atoms. The summed E-state index contributed by atoms with van der Waals surface area (Å²) in [6.45, 7) is 3.68. The fourth-order valence-electron chi connectivity index (χ4n) is 2.29. The normalized spacial score (nSPS) is 15.1. The number of nitro benzene ring substituents is 1. The quantitative estimate of drug-likeness (QED) is 0.469. The van der Waals surface area contributed by atoms with Crippen LogP contribution in [-0.2, 0) is 4.79 Å². The first-order valence-corrected chi connectivity index (χ1v) is 6.27. The maximum Gasteiger partial charge on any atom is 0.293 e. The molecule has 1 aliphatic heterocycles. The van der Waals surface area contributed by atoms with Gasteiger partial charge in [0, 0.05) is 44.7 Å². The van der Waals surface area contributed by atoms with Gasteiger partial charge in [0.05, 0.1) is 4.92 Å². The number of hydrogen-bond donors (Lipinski definition) is 0. The minimum Gasteiger partial charge on any atom is -0.362 e. The molecule has 0 radical (unpaired) electrons. The smallest absolute Gasteiger partial charge is 0.293 e. The minimum atomic E-state index is -0.486. The van der Waals surface area contributed by atoms with E-state index in [0.717, 1.165) is 0 Å². The van der Waals surface area contributed by atoms with E-state index in [0.29, 0.717) is 38.2 Å². The summed E-state index contributed by atoms with van der Waals surface area (Å²) in [5, 5.41) is 11.1. The van der Waals surface area contributed by atoms with Crippen molar-refractivity contribution >= 4 is 23.6 Å². The third-order valence-corrected chi connectivity index (χ3v) is 3.40. The predicted octanol–water partition coefficient (Wildman–Crippen LogP) is 1.08. The number of piperazine rings is 1. The summed E-state index contributed by atoms with van der Waals surface area (Å²) in [5.41, 5.74) is 0.692. The van der Waals surface area contributed by atoms with Gasteiger partial charge in [-0.15, -0.1) is 0 Å². The zero-order valence-electron chi connectivity index (χ0n) is 11.1. The van der Waals surface area contributed by atoms with Gasteiger partial charge in [0.15, 0.2) is 0 Å². The molecular weight excluding hydrogens is 262 g/mol. The third kappa shape index (κ3) is 2.76. The molecule has 0 N–H and O–H groups in total. The van der Waals surface area contributed by atoms with Crippen LogP contribution in [0.15, 0.2) is 18.2 Å². The lowest BCUT2D eigenvalue weighted by Crippen LogP contribution is -2.48. The van der Waals surface area contributed by atoms with Crippen LogP contribution in [-0.4, -0.2) is 48.2 Å². The molecule has 1 amide bonds. The molecule has 1 aromatic carbocycles. The molecule has 0 atom stereocenters. The Morgan fingerprint density at radius 1 is 1.30 bits per heavy atom. The van der Waals surface area contributed by atoms with Crippen molar-refractivity contribution in [3.63, 3.8) is 0 Å². The molecule has 1 aromatic rings. The predicted molar refractivity (Wildman–Crippen MR) is 73.0 cm³/mol. The first-order chi connectivity index (χ1) is 9.52. The van der Waals surface area contributed by atoms with Crippen LogP contribution < -0.4 is 4.90 Å². The molecule has 0 bridgehead atoms. The van der Waals surface area contributed by atoms with Crippen LogP contribution in [0.2, 0.25) is 0 Å². The number of carbonyl (C=O) groups is 2. The number of amides is 1. The first kappa shape index (κ1) is 14.0. The van der Waals surface area contributed by atoms with Gasteiger partial charge in [-0.3, -0.25) is 19.7 Å². The average Bonchev–Trinajstić information content (AvgIpc) is 2.46. The van der Waals surface area contributed by atoms with Crippen LogP contribution >= 0.6 is 0 Å². The molecule has 0 aliphatic carbocycles. The second-order valence-corrected chi connectivity index (χ2v) is 4.62. The molecule has 1 aliphatic rings. The Morgan fingerprint density at radius 2 is 1.95 bits per heavy atom. The fraction of sp³-hybridized carbons (Fsp3) is 0.385. The summed E-state index contributed by atoms with van der Waals surface area (Å²) in [7, 11) is 0. The van der Waals surface area contributed by atoms with Crippen molar-refractivity contribution in [1.82, 2.24) is 4.90 Å². The first-order valence-electron chi connectivity index (χ1n) is 6.27. The molecule has 0 aromatic heterocycles. The molecule has 2 rings (SSSR count). The minimum absolute atomic E-state index is 0.00968. The van der Waals surface area contributed by atoms with Crippen molar-refractivity contribution in [2.45, 2.75) is 6.92 Å². The van der Waals surface area contributed by atoms with E-state index in [2.05, 4.69) is 0 Å². The highest BCUT2D eigenvalue weighted by Gasteiger charge is 2.24. The lowest BCUT2D eigenvalue weighted by Gasteiger charge is -2.35. The topological polar surface area (TPSA) is 83.8 Å². The number of anilines is 1. The number of rotatable bonds is 3. The van der Waals surface area contributed by atoms with Crippen molar-refractivity contribution in [3.05, 3.63) is 33.9 Å². The van der Waals surface area contributed by atoms with Crippen LogP contribution in [0.25, 0.3) is 0 Å². The van der Waals surface area contributed by atoms with Crippen molar-refractivity contribution in [1.29, 1.82) is 0 Å². The summed E-state index contributed by atoms with van der Waals surface area (Å²) in [6, 6.07) is 4.43. The van der Waals surface area contributed by atoms with Crippen molar-refractivity contribution in [2.24, 2.45) is 0 Å². The monoisotopic (exact) mass is 277 g/mol. The van der Waals surface area contributed by atoms with Gasteiger partial charge in [-0.05, 0) is 12.1 Å². The second-order valence-electron chi connectivity index (χ2n) is 4.62. The maximum absolute atomic E-state index is 11.3. The van der Waals surface area contributed by atoms with E-state index in [1.165, 1.54) is 13.0 Å². The molecule has 1 fully saturated rings. The highest BCUT2D eigenvalue weighted by Crippen LogP contribution is 2.29. The van der Waals surface area contributed by atoms with Crippen LogP contribution in [0, 0.1) is 10.1 Å². The van der Waals surface area contributed by atoms with E-state index in [9.17, 15) is 19.7 Å². The largest absolute Gasteiger partial charge is 0.362 e. The SMILES string of the molecule is CC(=O)N1CCN(c2ccc(C=O)cc2[N+](=O)[O-])CC1. The molecular formula is C13H15N3O4. The fourth-order valence-corrected chi connectivity index (χ4v) is 2.29. The number of hydrogen-bond acceptors (Lipinski definition) is 5. The Kier molecular flexibility index (Phi) is 3.97. The zero-order chi connectivity index (χ0) is 14.7. The standard InChI is InChI=1S/C13H15N3O4/c1-10(18)14-4-6-15(7-5-14)12-3-2-11(9-17)8-13(12)16(19)20/h2-3,8-9H,4-7H2,1H3. The Bertz CT molecular complexity index is 551. The summed E-state index contributed by atoms with van der Waals surface area (Å²) in [6.07, 6.45) is 0.588. The third-order valence-electron chi connectivity index (χ3n) is 3.40. The number of nitro groups is 1. The van der Waals surface area contributed by atoms with Gasteiger partial charge in [-0.2, -0.15) is 0 Å². The summed E-state index contributed by atoms with van der Waals surface area (Å²) in [5.74, 6) is 0.00968. The Morgan fingerprint density at radius 3 is 2.45 bits per heavy atom. The van der Waals surface area contributed by atoms with Crippen molar-refractivity contribution in [3.8, 4) is 0 Å². The number of nitrogens with zero attached hydrogens (tertiary/aromatic N) is 3. The highest BCUT2D eigenvalue weighted by atomic mass is 16.6. The Balaban J connectivity index is 2.23. The summed E-state index contributed by atoms with van der Waals surface area (Å²) in [4.78, 5) is 36.2. The number of benzene rings is 1. The van der Waals surface area contributed by atoms with Gasteiger partial charge >= 0.3 is 0 Å². The molecule has 1 saturated heterocycles. The second kappa shape index (κ2) is 5.68. The van der Waals surface area contributed by atoms with Crippen LogP contribution in [0.5, 0.6) is 0 Å². The summed E-state index contributed by atoms with van der Waals surface area (Å²) < 4.78 is 0. The molecule has 7 heteroatoms. The van der Waals surface area contributed by atoms with E-state index < -0.39 is 4.92 Å². The van der Waals surface area contributed by atoms with E-state index in [1.807, 2.05) is 4.90 Å². The molecule has 1 heterocycles. The maximum atomic E-state index is 11.3. The van der Waals surface area contributed by atoms with E-state index in [-0.39, 0.29) is 17.2 Å². The van der Waals surface area contributed by atoms with E-state index >= 15 is 0 Å². The average molecular weight is 277 g/mol. The molecule has 20 heavy (non-hydrogen) atoms. The molecule has 0 unspecified atom stereocenters. The van der Waals surface area contributed by atoms with Gasteiger partial charge in [0.1, 0.15) is 12.0 Å². The zero-order valence-corrected chi connectivity index (χ0v) is 11.1. The number of carbonyl (C=O) groups excluding carboxylic acids is 2. The molecule has 0 saturated carbocycles. The van der Waals surface area contributed by atoms with Gasteiger partial charge in [-0.25, -0.2) is 0 Å². The van der Waals surface area contributed by atoms with E-state index in [4.69, 9.17) is 0 Å². The van der Waals surface area contributed by atoms with Gasteiger partial charge < -0.3 is 9.80 Å². The Hall–Kier alpha value is -2.44.